The number of benzene rings is 2. The number of anilines is 1. The number of rotatable bonds is 5. The fraction of sp³-hybridized carbons (Fsp3) is 0.0526. The van der Waals surface area contributed by atoms with Gasteiger partial charge in [0.25, 0.3) is 17.7 Å². The lowest BCUT2D eigenvalue weighted by Crippen LogP contribution is -2.51. The molecule has 3 amide bonds. The van der Waals surface area contributed by atoms with Crippen LogP contribution in [0.3, 0.4) is 0 Å². The van der Waals surface area contributed by atoms with E-state index in [1.807, 2.05) is 0 Å². The van der Waals surface area contributed by atoms with Gasteiger partial charge in [-0.3, -0.25) is 25.0 Å². The van der Waals surface area contributed by atoms with Crippen LogP contribution in [-0.2, 0) is 14.4 Å². The predicted octanol–water partition coefficient (Wildman–Crippen LogP) is 1.76. The molecule has 1 fully saturated rings. The van der Waals surface area contributed by atoms with Crippen LogP contribution in [0.25, 0.3) is 6.08 Å². The molecule has 1 aliphatic rings. The minimum atomic E-state index is -0.638. The van der Waals surface area contributed by atoms with Crippen molar-refractivity contribution in [1.29, 1.82) is 0 Å². The second kappa shape index (κ2) is 8.40. The second-order valence-corrected chi connectivity index (χ2v) is 6.06. The molecule has 9 heteroatoms. The third-order valence-electron chi connectivity index (χ3n) is 3.67. The van der Waals surface area contributed by atoms with E-state index >= 15 is 0 Å². The number of hydrogen-bond acceptors (Lipinski definition) is 5. The van der Waals surface area contributed by atoms with Gasteiger partial charge in [-0.2, -0.15) is 0 Å². The van der Waals surface area contributed by atoms with E-state index in [0.717, 1.165) is 0 Å². The van der Waals surface area contributed by atoms with Gasteiger partial charge in [-0.15, -0.1) is 0 Å². The third kappa shape index (κ3) is 4.57. The normalized spacial score (nSPS) is 13.5. The quantitative estimate of drug-likeness (QED) is 0.405. The number of carbonyl (C=O) groups excluding carboxylic acids is 3. The van der Waals surface area contributed by atoms with Crippen molar-refractivity contribution in [3.8, 4) is 5.75 Å². The average molecular weight is 399 g/mol. The fourth-order valence-electron chi connectivity index (χ4n) is 2.39. The molecule has 0 saturated carbocycles. The maximum Gasteiger partial charge on any atom is 0.263 e. The van der Waals surface area contributed by atoms with Crippen molar-refractivity contribution >= 4 is 46.8 Å². The summed E-state index contributed by atoms with van der Waals surface area (Å²) in [6, 6.07) is 12.3. The lowest BCUT2D eigenvalue weighted by atomic mass is 10.1. The number of thiocarbonyl (C=S) groups is 1. The molecule has 0 spiro atoms. The molecule has 3 N–H and O–H groups in total. The van der Waals surface area contributed by atoms with Crippen LogP contribution in [0.5, 0.6) is 5.75 Å². The Balaban J connectivity index is 1.72. The smallest absolute Gasteiger partial charge is 0.263 e. The van der Waals surface area contributed by atoms with Gasteiger partial charge in [-0.05, 0) is 36.5 Å². The average Bonchev–Trinajstić information content (AvgIpc) is 2.65. The van der Waals surface area contributed by atoms with Crippen LogP contribution in [0.1, 0.15) is 5.56 Å². The molecular formula is C19H14FN3O4S. The molecule has 2 aromatic rings. The Bertz CT molecular complexity index is 984. The van der Waals surface area contributed by atoms with Crippen molar-refractivity contribution in [2.24, 2.45) is 0 Å². The number of carbonyl (C=O) groups is 3. The SMILES string of the molecule is O=C(COc1ccccc1C=C1C(=O)NC(=S)NC1=O)Nc1ccccc1F. The highest BCUT2D eigenvalue weighted by Gasteiger charge is 2.26. The lowest BCUT2D eigenvalue weighted by molar-refractivity contribution is -0.123. The van der Waals surface area contributed by atoms with E-state index in [-0.39, 0.29) is 22.1 Å². The van der Waals surface area contributed by atoms with Gasteiger partial charge in [0.05, 0.1) is 5.69 Å². The Labute approximate surface area is 164 Å². The van der Waals surface area contributed by atoms with Crippen LogP contribution in [0, 0.1) is 5.82 Å². The van der Waals surface area contributed by atoms with Crippen molar-refractivity contribution < 1.29 is 23.5 Å². The van der Waals surface area contributed by atoms with Gasteiger partial charge < -0.3 is 10.1 Å². The van der Waals surface area contributed by atoms with Gasteiger partial charge in [-0.25, -0.2) is 4.39 Å². The summed E-state index contributed by atoms with van der Waals surface area (Å²) in [5.41, 5.74) is 0.299. The molecule has 142 valence electrons. The van der Waals surface area contributed by atoms with Crippen molar-refractivity contribution in [3.63, 3.8) is 0 Å². The Morgan fingerprint density at radius 1 is 1.07 bits per heavy atom. The summed E-state index contributed by atoms with van der Waals surface area (Å²) in [7, 11) is 0. The molecule has 28 heavy (non-hydrogen) atoms. The summed E-state index contributed by atoms with van der Waals surface area (Å²) >= 11 is 4.75. The highest BCUT2D eigenvalue weighted by molar-refractivity contribution is 7.80. The highest BCUT2D eigenvalue weighted by Crippen LogP contribution is 2.22. The van der Waals surface area contributed by atoms with E-state index in [2.05, 4.69) is 16.0 Å². The summed E-state index contributed by atoms with van der Waals surface area (Å²) in [6.45, 7) is -0.392. The zero-order chi connectivity index (χ0) is 20.1. The number of ether oxygens (including phenoxy) is 1. The van der Waals surface area contributed by atoms with Gasteiger partial charge in [0.15, 0.2) is 11.7 Å². The van der Waals surface area contributed by atoms with Crippen molar-refractivity contribution in [3.05, 3.63) is 65.5 Å². The monoisotopic (exact) mass is 399 g/mol. The molecule has 3 rings (SSSR count). The summed E-state index contributed by atoms with van der Waals surface area (Å²) in [6.07, 6.45) is 1.33. The predicted molar refractivity (Wildman–Crippen MR) is 104 cm³/mol. The summed E-state index contributed by atoms with van der Waals surface area (Å²) in [5, 5.41) is 7.00. The number of amides is 3. The van der Waals surface area contributed by atoms with Gasteiger partial charge in [0.2, 0.25) is 0 Å². The maximum atomic E-state index is 13.6. The number of halogens is 1. The summed E-state index contributed by atoms with van der Waals surface area (Å²) < 4.78 is 19.1. The van der Waals surface area contributed by atoms with Gasteiger partial charge >= 0.3 is 0 Å². The van der Waals surface area contributed by atoms with E-state index in [1.165, 1.54) is 24.3 Å². The van der Waals surface area contributed by atoms with Crippen LogP contribution in [-0.4, -0.2) is 29.4 Å². The van der Waals surface area contributed by atoms with Crippen LogP contribution < -0.4 is 20.7 Å². The molecule has 1 heterocycles. The standard InChI is InChI=1S/C19H14FN3O4S/c20-13-6-2-3-7-14(13)21-16(24)10-27-15-8-4-1-5-11(15)9-12-17(25)22-19(28)23-18(12)26/h1-9H,10H2,(H,21,24)(H2,22,23,25,26,28). The maximum absolute atomic E-state index is 13.6. The van der Waals surface area contributed by atoms with E-state index in [0.29, 0.717) is 5.56 Å². The number of nitrogens with one attached hydrogen (secondary N) is 3. The van der Waals surface area contributed by atoms with Gasteiger partial charge in [0, 0.05) is 5.56 Å². The molecule has 0 atom stereocenters. The third-order valence-corrected chi connectivity index (χ3v) is 3.87. The summed E-state index contributed by atoms with van der Waals surface area (Å²) in [5.74, 6) is -2.13. The Morgan fingerprint density at radius 3 is 2.43 bits per heavy atom. The van der Waals surface area contributed by atoms with Crippen molar-refractivity contribution in [2.45, 2.75) is 0 Å². The van der Waals surface area contributed by atoms with E-state index in [1.54, 1.807) is 30.3 Å². The first-order valence-electron chi connectivity index (χ1n) is 8.08. The molecule has 0 aliphatic carbocycles. The largest absolute Gasteiger partial charge is 0.483 e. The molecule has 7 nitrogen and oxygen atoms in total. The molecule has 2 aromatic carbocycles. The lowest BCUT2D eigenvalue weighted by Gasteiger charge is -2.17. The number of para-hydroxylation sites is 2. The minimum Gasteiger partial charge on any atom is -0.483 e. The van der Waals surface area contributed by atoms with Crippen LogP contribution in [0.4, 0.5) is 10.1 Å². The van der Waals surface area contributed by atoms with Crippen LogP contribution >= 0.6 is 12.2 Å². The van der Waals surface area contributed by atoms with Gasteiger partial charge in [0.1, 0.15) is 17.1 Å². The molecule has 0 bridgehead atoms. The zero-order valence-corrected chi connectivity index (χ0v) is 15.1. The van der Waals surface area contributed by atoms with Crippen LogP contribution in [0.15, 0.2) is 54.1 Å². The van der Waals surface area contributed by atoms with E-state index in [9.17, 15) is 18.8 Å². The van der Waals surface area contributed by atoms with Crippen molar-refractivity contribution in [2.75, 3.05) is 11.9 Å². The molecule has 0 aromatic heterocycles. The molecule has 1 aliphatic heterocycles. The van der Waals surface area contributed by atoms with Gasteiger partial charge in [-0.1, -0.05) is 30.3 Å². The molecule has 0 unspecified atom stereocenters. The van der Waals surface area contributed by atoms with E-state index in [4.69, 9.17) is 17.0 Å². The van der Waals surface area contributed by atoms with Crippen LogP contribution in [0.2, 0.25) is 0 Å². The molecule has 0 radical (unpaired) electrons. The Hall–Kier alpha value is -3.59. The molecule has 1 saturated heterocycles. The first-order valence-corrected chi connectivity index (χ1v) is 8.49. The second-order valence-electron chi connectivity index (χ2n) is 5.65. The zero-order valence-electron chi connectivity index (χ0n) is 14.3. The Morgan fingerprint density at radius 2 is 1.71 bits per heavy atom. The number of hydrogen-bond donors (Lipinski definition) is 3. The first-order chi connectivity index (χ1) is 13.4. The fourth-order valence-corrected chi connectivity index (χ4v) is 2.57. The first kappa shape index (κ1) is 19.2. The Kier molecular flexibility index (Phi) is 5.75. The van der Waals surface area contributed by atoms with E-state index < -0.39 is 30.1 Å². The minimum absolute atomic E-state index is 0.0398. The highest BCUT2D eigenvalue weighted by atomic mass is 32.1. The molecular weight excluding hydrogens is 385 g/mol. The topological polar surface area (TPSA) is 96.5 Å². The summed E-state index contributed by atoms with van der Waals surface area (Å²) in [4.78, 5) is 35.9. The van der Waals surface area contributed by atoms with Crippen molar-refractivity contribution in [1.82, 2.24) is 10.6 Å².